The summed E-state index contributed by atoms with van der Waals surface area (Å²) in [7, 11) is 0. The zero-order valence-corrected chi connectivity index (χ0v) is 32.1. The van der Waals surface area contributed by atoms with Gasteiger partial charge in [-0.2, -0.15) is 0 Å². The van der Waals surface area contributed by atoms with Crippen molar-refractivity contribution in [1.82, 2.24) is 19.1 Å². The van der Waals surface area contributed by atoms with E-state index in [-0.39, 0.29) is 0 Å². The van der Waals surface area contributed by atoms with E-state index in [0.717, 1.165) is 65.9 Å². The molecule has 4 heteroatoms. The number of rotatable bonds is 6. The van der Waals surface area contributed by atoms with Crippen molar-refractivity contribution < 1.29 is 0 Å². The van der Waals surface area contributed by atoms with Crippen molar-refractivity contribution in [3.63, 3.8) is 0 Å². The first kappa shape index (κ1) is 33.5. The summed E-state index contributed by atoms with van der Waals surface area (Å²) in [6.45, 7) is 2.32. The standard InChI is InChI=1S/C53H42N4/c1-35-24-29-46-45-20-10-13-23-51(45)57(52(46)30-35)42-32-40(31-41(33-42)56-49-21-11-8-18-43(49)44-19-9-12-22-50(44)56)48-34-47(54-53(55-48)39-16-6-3-7-17-39)38-27-25-37(26-28-38)36-14-4-2-5-15-36/h2-8,10,12-18,20,22-29,31-35H,9,11,19,21,30H2,1H3. The highest BCUT2D eigenvalue weighted by atomic mass is 15.0. The first-order chi connectivity index (χ1) is 28.2. The van der Waals surface area contributed by atoms with Gasteiger partial charge in [0.1, 0.15) is 0 Å². The third-order valence-electron chi connectivity index (χ3n) is 12.0. The molecule has 11 rings (SSSR count). The lowest BCUT2D eigenvalue weighted by Gasteiger charge is -2.21. The highest BCUT2D eigenvalue weighted by molar-refractivity contribution is 5.94. The normalized spacial score (nSPS) is 15.4. The maximum Gasteiger partial charge on any atom is 0.160 e. The lowest BCUT2D eigenvalue weighted by Crippen LogP contribution is -2.10. The van der Waals surface area contributed by atoms with Crippen LogP contribution in [-0.4, -0.2) is 19.1 Å². The van der Waals surface area contributed by atoms with Gasteiger partial charge >= 0.3 is 0 Å². The summed E-state index contributed by atoms with van der Waals surface area (Å²) in [5.41, 5.74) is 19.1. The molecule has 0 saturated heterocycles. The molecular formula is C53H42N4. The minimum atomic E-state index is 0.453. The van der Waals surface area contributed by atoms with Gasteiger partial charge in [-0.05, 0) is 96.7 Å². The molecule has 0 N–H and O–H groups in total. The maximum absolute atomic E-state index is 5.38. The van der Waals surface area contributed by atoms with Gasteiger partial charge in [0.15, 0.2) is 5.82 Å². The molecule has 5 aromatic carbocycles. The summed E-state index contributed by atoms with van der Waals surface area (Å²) >= 11 is 0. The van der Waals surface area contributed by atoms with Crippen LogP contribution in [0.1, 0.15) is 53.5 Å². The van der Waals surface area contributed by atoms with Gasteiger partial charge in [-0.3, -0.25) is 0 Å². The average Bonchev–Trinajstić information content (AvgIpc) is 3.79. The predicted octanol–water partition coefficient (Wildman–Crippen LogP) is 13.0. The fourth-order valence-corrected chi connectivity index (χ4v) is 9.29. The Kier molecular flexibility index (Phi) is 8.10. The van der Waals surface area contributed by atoms with Gasteiger partial charge in [0.2, 0.25) is 0 Å². The van der Waals surface area contributed by atoms with Gasteiger partial charge < -0.3 is 9.13 Å². The summed E-state index contributed by atoms with van der Waals surface area (Å²) in [6, 6.07) is 47.9. The molecule has 1 unspecified atom stereocenters. The summed E-state index contributed by atoms with van der Waals surface area (Å²) < 4.78 is 5.08. The highest BCUT2D eigenvalue weighted by Crippen LogP contribution is 2.41. The Balaban J connectivity index is 1.16. The van der Waals surface area contributed by atoms with E-state index in [1.165, 1.54) is 61.5 Å². The Bertz CT molecular complexity index is 2920. The van der Waals surface area contributed by atoms with Crippen LogP contribution in [0.5, 0.6) is 0 Å². The number of aromatic nitrogens is 4. The fraction of sp³-hybridized carbons (Fsp3) is 0.132. The molecule has 0 aliphatic heterocycles. The second kappa shape index (κ2) is 13.8. The van der Waals surface area contributed by atoms with Crippen molar-refractivity contribution in [2.24, 2.45) is 5.92 Å². The molecule has 3 aromatic heterocycles. The Morgan fingerprint density at radius 2 is 1.18 bits per heavy atom. The molecule has 0 bridgehead atoms. The van der Waals surface area contributed by atoms with Crippen LogP contribution in [0.2, 0.25) is 0 Å². The molecule has 57 heavy (non-hydrogen) atoms. The summed E-state index contributed by atoms with van der Waals surface area (Å²) in [5.74, 6) is 1.17. The molecule has 0 radical (unpaired) electrons. The number of fused-ring (bicyclic) bond motifs is 6. The van der Waals surface area contributed by atoms with E-state index in [1.54, 1.807) is 0 Å². The van der Waals surface area contributed by atoms with Gasteiger partial charge in [-0.15, -0.1) is 0 Å². The topological polar surface area (TPSA) is 35.6 Å². The third kappa shape index (κ3) is 5.83. The van der Waals surface area contributed by atoms with Crippen LogP contribution in [0.15, 0.2) is 152 Å². The Labute approximate surface area is 333 Å². The fourth-order valence-electron chi connectivity index (χ4n) is 9.29. The number of allylic oxidation sites excluding steroid dienone is 3. The molecule has 3 aliphatic carbocycles. The van der Waals surface area contributed by atoms with Crippen LogP contribution in [0.3, 0.4) is 0 Å². The average molecular weight is 735 g/mol. The van der Waals surface area contributed by atoms with Crippen LogP contribution < -0.4 is 0 Å². The van der Waals surface area contributed by atoms with Gasteiger partial charge in [-0.1, -0.05) is 140 Å². The van der Waals surface area contributed by atoms with Gasteiger partial charge in [0.25, 0.3) is 0 Å². The highest BCUT2D eigenvalue weighted by Gasteiger charge is 2.26. The zero-order chi connectivity index (χ0) is 37.9. The second-order valence-corrected chi connectivity index (χ2v) is 15.7. The Hall–Kier alpha value is -6.78. The van der Waals surface area contributed by atoms with Crippen LogP contribution in [0.4, 0.5) is 0 Å². The van der Waals surface area contributed by atoms with Crippen molar-refractivity contribution in [3.05, 3.63) is 185 Å². The molecule has 274 valence electrons. The van der Waals surface area contributed by atoms with Crippen LogP contribution in [-0.2, 0) is 19.3 Å². The number of para-hydroxylation sites is 1. The smallest absolute Gasteiger partial charge is 0.160 e. The number of hydrogen-bond acceptors (Lipinski definition) is 2. The van der Waals surface area contributed by atoms with E-state index >= 15 is 0 Å². The minimum Gasteiger partial charge on any atom is -0.313 e. The first-order valence-corrected chi connectivity index (χ1v) is 20.3. The van der Waals surface area contributed by atoms with E-state index in [1.807, 2.05) is 6.07 Å². The molecule has 0 saturated carbocycles. The molecular weight excluding hydrogens is 693 g/mol. The van der Waals surface area contributed by atoms with Crippen LogP contribution in [0, 0.1) is 5.92 Å². The van der Waals surface area contributed by atoms with Crippen molar-refractivity contribution >= 4 is 29.1 Å². The van der Waals surface area contributed by atoms with E-state index in [9.17, 15) is 0 Å². The Morgan fingerprint density at radius 3 is 1.98 bits per heavy atom. The molecule has 8 aromatic rings. The lowest BCUT2D eigenvalue weighted by atomic mass is 9.94. The maximum atomic E-state index is 5.38. The molecule has 0 spiro atoms. The van der Waals surface area contributed by atoms with Crippen LogP contribution >= 0.6 is 0 Å². The SMILES string of the molecule is CC1C=Cc2c(n(-c3cc(-c4cc(-c5ccc(-c6ccccc6)cc5)nc(-c5ccccc5)n4)cc(-n4c5c(c6c4CCC=C6)CCC=C5)c3)c3ccccc23)C1. The minimum absolute atomic E-state index is 0.453. The quantitative estimate of drug-likeness (QED) is 0.170. The molecule has 4 nitrogen and oxygen atoms in total. The summed E-state index contributed by atoms with van der Waals surface area (Å²) in [5, 5.41) is 1.29. The molecule has 1 atom stereocenters. The van der Waals surface area contributed by atoms with Crippen molar-refractivity contribution in [1.29, 1.82) is 0 Å². The monoisotopic (exact) mass is 734 g/mol. The van der Waals surface area contributed by atoms with Crippen LogP contribution in [0.25, 0.3) is 85.5 Å². The Morgan fingerprint density at radius 1 is 0.526 bits per heavy atom. The molecule has 3 aliphatic rings. The van der Waals surface area contributed by atoms with Crippen molar-refractivity contribution in [3.8, 4) is 56.4 Å². The van der Waals surface area contributed by atoms with Crippen molar-refractivity contribution in [2.75, 3.05) is 0 Å². The molecule has 0 amide bonds. The van der Waals surface area contributed by atoms with Gasteiger partial charge in [0.05, 0.1) is 16.9 Å². The first-order valence-electron chi connectivity index (χ1n) is 20.3. The number of hydrogen-bond donors (Lipinski definition) is 0. The predicted molar refractivity (Wildman–Crippen MR) is 237 cm³/mol. The molecule has 3 heterocycles. The summed E-state index contributed by atoms with van der Waals surface area (Å²) in [4.78, 5) is 10.6. The third-order valence-corrected chi connectivity index (χ3v) is 12.0. The van der Waals surface area contributed by atoms with Gasteiger partial charge in [-0.25, -0.2) is 9.97 Å². The second-order valence-electron chi connectivity index (χ2n) is 15.7. The summed E-state index contributed by atoms with van der Waals surface area (Å²) in [6.07, 6.45) is 19.3. The number of benzene rings is 5. The van der Waals surface area contributed by atoms with E-state index in [0.29, 0.717) is 11.7 Å². The lowest BCUT2D eigenvalue weighted by molar-refractivity contribution is 0.690. The van der Waals surface area contributed by atoms with E-state index < -0.39 is 0 Å². The number of nitrogens with zero attached hydrogens (tertiary/aromatic N) is 4. The van der Waals surface area contributed by atoms with Gasteiger partial charge in [0, 0.05) is 56.1 Å². The van der Waals surface area contributed by atoms with E-state index in [2.05, 4.69) is 180 Å². The van der Waals surface area contributed by atoms with Crippen molar-refractivity contribution in [2.45, 2.75) is 39.0 Å². The zero-order valence-electron chi connectivity index (χ0n) is 32.1. The van der Waals surface area contributed by atoms with E-state index in [4.69, 9.17) is 9.97 Å². The largest absolute Gasteiger partial charge is 0.313 e. The molecule has 0 fully saturated rings.